The Balaban J connectivity index is 2.45. The number of nitrogens with zero attached hydrogens (tertiary/aromatic N) is 4. The summed E-state index contributed by atoms with van der Waals surface area (Å²) in [4.78, 5) is 4.30. The third kappa shape index (κ3) is 1.40. The highest BCUT2D eigenvalue weighted by atomic mass is 32.1. The smallest absolute Gasteiger partial charge is 0.214 e. The molecule has 0 aliphatic heterocycles. The number of nitriles is 1. The van der Waals surface area contributed by atoms with Gasteiger partial charge in [-0.1, -0.05) is 6.92 Å². The fraction of sp³-hybridized carbons (Fsp3) is 0.222. The minimum Gasteiger partial charge on any atom is -0.283 e. The van der Waals surface area contributed by atoms with Crippen molar-refractivity contribution in [3.05, 3.63) is 29.8 Å². The lowest BCUT2D eigenvalue weighted by molar-refractivity contribution is 0.952. The summed E-state index contributed by atoms with van der Waals surface area (Å²) in [6.07, 6.45) is 2.64. The average Bonchev–Trinajstić information content (AvgIpc) is 2.85. The topological polar surface area (TPSA) is 54.5 Å². The summed E-state index contributed by atoms with van der Waals surface area (Å²) in [6.45, 7) is 2.01. The Morgan fingerprint density at radius 2 is 2.50 bits per heavy atom. The molecule has 0 radical (unpaired) electrons. The van der Waals surface area contributed by atoms with Gasteiger partial charge in [0.1, 0.15) is 17.6 Å². The van der Waals surface area contributed by atoms with E-state index in [0.29, 0.717) is 5.69 Å². The Kier molecular flexibility index (Phi) is 2.29. The monoisotopic (exact) mass is 204 g/mol. The third-order valence-corrected chi connectivity index (χ3v) is 2.60. The van der Waals surface area contributed by atoms with Crippen molar-refractivity contribution in [2.75, 3.05) is 0 Å². The van der Waals surface area contributed by atoms with Crippen molar-refractivity contribution in [2.45, 2.75) is 13.3 Å². The van der Waals surface area contributed by atoms with Crippen molar-refractivity contribution < 1.29 is 0 Å². The first kappa shape index (κ1) is 8.91. The van der Waals surface area contributed by atoms with E-state index in [9.17, 15) is 0 Å². The van der Waals surface area contributed by atoms with Gasteiger partial charge >= 0.3 is 0 Å². The van der Waals surface area contributed by atoms with Crippen LogP contribution in [-0.2, 0) is 6.42 Å². The standard InChI is InChI=1S/C9H8N4S/c1-2-8-11-9(14-12-8)13-5-3-4-7(13)6-10/h3-5H,2H2,1H3. The van der Waals surface area contributed by atoms with Gasteiger partial charge in [-0.3, -0.25) is 4.57 Å². The number of aromatic nitrogens is 3. The molecule has 70 valence electrons. The highest BCUT2D eigenvalue weighted by molar-refractivity contribution is 7.08. The summed E-state index contributed by atoms with van der Waals surface area (Å²) >= 11 is 1.31. The number of hydrogen-bond acceptors (Lipinski definition) is 4. The molecule has 5 heteroatoms. The lowest BCUT2D eigenvalue weighted by Crippen LogP contribution is -1.94. The number of hydrogen-bond donors (Lipinski definition) is 0. The van der Waals surface area contributed by atoms with Gasteiger partial charge in [0.05, 0.1) is 0 Å². The predicted molar refractivity (Wildman–Crippen MR) is 53.3 cm³/mol. The second kappa shape index (κ2) is 3.60. The van der Waals surface area contributed by atoms with Gasteiger partial charge in [0.15, 0.2) is 0 Å². The van der Waals surface area contributed by atoms with Gasteiger partial charge in [-0.05, 0) is 12.1 Å². The summed E-state index contributed by atoms with van der Waals surface area (Å²) < 4.78 is 5.91. The third-order valence-electron chi connectivity index (χ3n) is 1.84. The molecule has 0 saturated carbocycles. The average molecular weight is 204 g/mol. The summed E-state index contributed by atoms with van der Waals surface area (Å²) in [6, 6.07) is 5.69. The van der Waals surface area contributed by atoms with Crippen LogP contribution < -0.4 is 0 Å². The van der Waals surface area contributed by atoms with E-state index in [0.717, 1.165) is 17.4 Å². The lowest BCUT2D eigenvalue weighted by Gasteiger charge is -1.95. The molecule has 2 rings (SSSR count). The Bertz CT molecular complexity index is 477. The molecular formula is C9H8N4S. The largest absolute Gasteiger partial charge is 0.283 e. The van der Waals surface area contributed by atoms with Crippen molar-refractivity contribution in [1.29, 1.82) is 5.26 Å². The quantitative estimate of drug-likeness (QED) is 0.749. The Morgan fingerprint density at radius 3 is 3.14 bits per heavy atom. The molecule has 2 aromatic heterocycles. The van der Waals surface area contributed by atoms with Gasteiger partial charge in [0.2, 0.25) is 5.13 Å². The van der Waals surface area contributed by atoms with Gasteiger partial charge < -0.3 is 0 Å². The Morgan fingerprint density at radius 1 is 1.64 bits per heavy atom. The van der Waals surface area contributed by atoms with E-state index >= 15 is 0 Å². The fourth-order valence-corrected chi connectivity index (χ4v) is 1.88. The highest BCUT2D eigenvalue weighted by Crippen LogP contribution is 2.14. The second-order valence-electron chi connectivity index (χ2n) is 2.72. The van der Waals surface area contributed by atoms with Crippen molar-refractivity contribution >= 4 is 11.5 Å². The van der Waals surface area contributed by atoms with Crippen LogP contribution in [0, 0.1) is 11.3 Å². The molecule has 2 aromatic rings. The molecule has 0 aromatic carbocycles. The SMILES string of the molecule is CCc1nsc(-n2cccc2C#N)n1. The van der Waals surface area contributed by atoms with Crippen LogP contribution in [0.5, 0.6) is 0 Å². The molecule has 0 aliphatic rings. The molecule has 0 atom stereocenters. The van der Waals surface area contributed by atoms with E-state index in [-0.39, 0.29) is 0 Å². The maximum Gasteiger partial charge on any atom is 0.214 e. The van der Waals surface area contributed by atoms with Gasteiger partial charge in [-0.15, -0.1) is 0 Å². The molecule has 2 heterocycles. The van der Waals surface area contributed by atoms with Gasteiger partial charge in [0, 0.05) is 24.2 Å². The van der Waals surface area contributed by atoms with Crippen LogP contribution in [0.1, 0.15) is 18.4 Å². The van der Waals surface area contributed by atoms with Crippen LogP contribution in [-0.4, -0.2) is 13.9 Å². The minimum absolute atomic E-state index is 0.587. The van der Waals surface area contributed by atoms with E-state index in [1.165, 1.54) is 11.5 Å². The zero-order chi connectivity index (χ0) is 9.97. The van der Waals surface area contributed by atoms with E-state index in [1.54, 1.807) is 10.6 Å². The van der Waals surface area contributed by atoms with Crippen molar-refractivity contribution in [3.63, 3.8) is 0 Å². The molecule has 0 saturated heterocycles. The van der Waals surface area contributed by atoms with E-state index < -0.39 is 0 Å². The molecule has 0 unspecified atom stereocenters. The molecule has 0 bridgehead atoms. The van der Waals surface area contributed by atoms with E-state index in [2.05, 4.69) is 15.4 Å². The first-order valence-corrected chi connectivity index (χ1v) is 5.03. The predicted octanol–water partition coefficient (Wildman–Crippen LogP) is 1.76. The first-order valence-electron chi connectivity index (χ1n) is 4.25. The molecular weight excluding hydrogens is 196 g/mol. The van der Waals surface area contributed by atoms with E-state index in [4.69, 9.17) is 5.26 Å². The number of rotatable bonds is 2. The maximum absolute atomic E-state index is 8.82. The molecule has 0 spiro atoms. The van der Waals surface area contributed by atoms with Crippen LogP contribution in [0.2, 0.25) is 0 Å². The van der Waals surface area contributed by atoms with Crippen LogP contribution in [0.3, 0.4) is 0 Å². The van der Waals surface area contributed by atoms with Crippen LogP contribution in [0.4, 0.5) is 0 Å². The molecule has 0 fully saturated rings. The Labute approximate surface area is 85.6 Å². The summed E-state index contributed by atoms with van der Waals surface area (Å²) in [7, 11) is 0. The molecule has 0 amide bonds. The van der Waals surface area contributed by atoms with E-state index in [1.807, 2.05) is 19.2 Å². The lowest BCUT2D eigenvalue weighted by atomic mass is 10.5. The zero-order valence-corrected chi connectivity index (χ0v) is 8.45. The fourth-order valence-electron chi connectivity index (χ4n) is 1.12. The van der Waals surface area contributed by atoms with Crippen molar-refractivity contribution in [3.8, 4) is 11.2 Å². The van der Waals surface area contributed by atoms with Crippen LogP contribution in [0.15, 0.2) is 18.3 Å². The van der Waals surface area contributed by atoms with Gasteiger partial charge in [0.25, 0.3) is 0 Å². The summed E-state index contributed by atoms with van der Waals surface area (Å²) in [5.74, 6) is 0.822. The second-order valence-corrected chi connectivity index (χ2v) is 3.45. The number of aryl methyl sites for hydroxylation is 1. The summed E-state index contributed by atoms with van der Waals surface area (Å²) in [5.41, 5.74) is 0.587. The normalized spacial score (nSPS) is 10.0. The van der Waals surface area contributed by atoms with Gasteiger partial charge in [-0.2, -0.15) is 9.64 Å². The Hall–Kier alpha value is -1.67. The maximum atomic E-state index is 8.82. The minimum atomic E-state index is 0.587. The van der Waals surface area contributed by atoms with Crippen LogP contribution >= 0.6 is 11.5 Å². The zero-order valence-electron chi connectivity index (χ0n) is 7.64. The molecule has 0 N–H and O–H groups in total. The molecule has 0 aliphatic carbocycles. The van der Waals surface area contributed by atoms with Crippen LogP contribution in [0.25, 0.3) is 5.13 Å². The molecule has 14 heavy (non-hydrogen) atoms. The highest BCUT2D eigenvalue weighted by Gasteiger charge is 2.07. The summed E-state index contributed by atoms with van der Waals surface area (Å²) in [5, 5.41) is 9.57. The van der Waals surface area contributed by atoms with Gasteiger partial charge in [-0.25, -0.2) is 4.98 Å². The molecule has 4 nitrogen and oxygen atoms in total. The van der Waals surface area contributed by atoms with Crippen molar-refractivity contribution in [1.82, 2.24) is 13.9 Å². The van der Waals surface area contributed by atoms with Crippen molar-refractivity contribution in [2.24, 2.45) is 0 Å². The first-order chi connectivity index (χ1) is 6.85.